The third-order valence-corrected chi connectivity index (χ3v) is 3.22. The van der Waals surface area contributed by atoms with Crippen LogP contribution in [0.25, 0.3) is 0 Å². The minimum atomic E-state index is -1.28. The third-order valence-electron chi connectivity index (χ3n) is 3.22. The van der Waals surface area contributed by atoms with Gasteiger partial charge in [0.25, 0.3) is 5.91 Å². The van der Waals surface area contributed by atoms with Crippen LogP contribution in [-0.2, 0) is 9.59 Å². The second-order valence-corrected chi connectivity index (χ2v) is 5.38. The monoisotopic (exact) mass is 352 g/mol. The summed E-state index contributed by atoms with van der Waals surface area (Å²) in [6, 6.07) is 11.4. The number of anilines is 2. The molecule has 9 heteroatoms. The lowest BCUT2D eigenvalue weighted by Gasteiger charge is -2.09. The predicted molar refractivity (Wildman–Crippen MR) is 98.8 cm³/mol. The Bertz CT molecular complexity index is 829. The summed E-state index contributed by atoms with van der Waals surface area (Å²) in [5, 5.41) is 20.1. The molecule has 133 valence electrons. The van der Waals surface area contributed by atoms with Crippen LogP contribution < -0.4 is 22.1 Å². The highest BCUT2D eigenvalue weighted by atomic mass is 16.2. The summed E-state index contributed by atoms with van der Waals surface area (Å²) in [4.78, 5) is 24.0. The fraction of sp³-hybridized carbons (Fsp3) is 0.118. The van der Waals surface area contributed by atoms with E-state index in [9.17, 15) is 9.59 Å². The number of nitrogens with zero attached hydrogens (tertiary/aromatic N) is 2. The Morgan fingerprint density at radius 1 is 1.00 bits per heavy atom. The third kappa shape index (κ3) is 5.41. The molecular weight excluding hydrogens is 334 g/mol. The largest absolute Gasteiger partial charge is 0.370 e. The average Bonchev–Trinajstić information content (AvgIpc) is 2.58. The van der Waals surface area contributed by atoms with Crippen molar-refractivity contribution < 1.29 is 9.59 Å². The molecule has 0 saturated carbocycles. The van der Waals surface area contributed by atoms with Gasteiger partial charge in [-0.2, -0.15) is 10.2 Å². The number of ketones is 1. The standard InChI is InChI=1S/C17H18N7O2/c1-10(25)15(16(26)21-12-4-2-11(18)3-5-12)24-23-14-8-6-13(7-9-14)22-17(19)20/h2-9,15,18H,1H3,(H,21,26)(H4,19,20,22)/b24-23+. The highest BCUT2D eigenvalue weighted by Gasteiger charge is 2.23. The number of nitrogens with one attached hydrogen (secondary N) is 4. The maximum atomic E-state index is 12.3. The van der Waals surface area contributed by atoms with Crippen molar-refractivity contribution in [2.75, 3.05) is 10.6 Å². The molecule has 9 nitrogen and oxygen atoms in total. The van der Waals surface area contributed by atoms with Crippen molar-refractivity contribution in [1.82, 2.24) is 5.73 Å². The predicted octanol–water partition coefficient (Wildman–Crippen LogP) is 2.59. The van der Waals surface area contributed by atoms with E-state index in [-0.39, 0.29) is 5.96 Å². The van der Waals surface area contributed by atoms with Crippen LogP contribution in [-0.4, -0.2) is 23.7 Å². The van der Waals surface area contributed by atoms with Gasteiger partial charge in [0.1, 0.15) is 0 Å². The number of carbonyl (C=O) groups is 2. The molecule has 1 atom stereocenters. The van der Waals surface area contributed by atoms with E-state index in [0.717, 1.165) is 0 Å². The highest BCUT2D eigenvalue weighted by molar-refractivity contribution is 6.10. The molecule has 0 bridgehead atoms. The molecule has 0 aliphatic carbocycles. The van der Waals surface area contributed by atoms with Crippen LogP contribution in [0.3, 0.4) is 0 Å². The summed E-state index contributed by atoms with van der Waals surface area (Å²) in [5.41, 5.74) is 14.5. The Labute approximate surface area is 150 Å². The van der Waals surface area contributed by atoms with Crippen molar-refractivity contribution in [3.05, 3.63) is 48.5 Å². The van der Waals surface area contributed by atoms with Crippen LogP contribution in [0.5, 0.6) is 0 Å². The van der Waals surface area contributed by atoms with Crippen molar-refractivity contribution >= 4 is 40.4 Å². The first-order valence-electron chi connectivity index (χ1n) is 7.60. The smallest absolute Gasteiger partial charge is 0.258 e. The van der Waals surface area contributed by atoms with E-state index in [1.165, 1.54) is 19.1 Å². The topological polar surface area (TPSA) is 157 Å². The van der Waals surface area contributed by atoms with Crippen LogP contribution in [0.1, 0.15) is 6.92 Å². The van der Waals surface area contributed by atoms with Gasteiger partial charge in [-0.25, -0.2) is 0 Å². The number of azo groups is 1. The van der Waals surface area contributed by atoms with Gasteiger partial charge in [-0.3, -0.25) is 15.0 Å². The zero-order valence-corrected chi connectivity index (χ0v) is 14.0. The second kappa shape index (κ2) is 8.38. The summed E-state index contributed by atoms with van der Waals surface area (Å²) in [6.45, 7) is 1.26. The molecule has 2 aromatic carbocycles. The van der Waals surface area contributed by atoms with Crippen LogP contribution in [0.4, 0.5) is 22.7 Å². The van der Waals surface area contributed by atoms with Crippen molar-refractivity contribution in [2.24, 2.45) is 16.0 Å². The molecule has 1 unspecified atom stereocenters. The molecule has 0 saturated heterocycles. The van der Waals surface area contributed by atoms with E-state index in [0.29, 0.717) is 22.7 Å². The molecule has 0 aliphatic heterocycles. The molecule has 1 radical (unpaired) electrons. The van der Waals surface area contributed by atoms with Gasteiger partial charge >= 0.3 is 0 Å². The maximum Gasteiger partial charge on any atom is 0.258 e. The summed E-state index contributed by atoms with van der Waals surface area (Å²) >= 11 is 0. The molecule has 1 amide bonds. The van der Waals surface area contributed by atoms with Gasteiger partial charge in [-0.05, 0) is 55.5 Å². The second-order valence-electron chi connectivity index (χ2n) is 5.38. The zero-order valence-electron chi connectivity index (χ0n) is 14.0. The van der Waals surface area contributed by atoms with Crippen molar-refractivity contribution in [2.45, 2.75) is 13.0 Å². The van der Waals surface area contributed by atoms with Crippen molar-refractivity contribution in [3.8, 4) is 0 Å². The molecular formula is C17H18N7O2. The van der Waals surface area contributed by atoms with E-state index in [4.69, 9.17) is 16.9 Å². The minimum absolute atomic E-state index is 0.189. The van der Waals surface area contributed by atoms with Gasteiger partial charge in [0.05, 0.1) is 11.4 Å². The number of benzene rings is 2. The van der Waals surface area contributed by atoms with Gasteiger partial charge in [0, 0.05) is 11.4 Å². The van der Waals surface area contributed by atoms with Gasteiger partial charge in [0.2, 0.25) is 6.04 Å². The Morgan fingerprint density at radius 2 is 1.54 bits per heavy atom. The highest BCUT2D eigenvalue weighted by Crippen LogP contribution is 2.18. The average molecular weight is 352 g/mol. The minimum Gasteiger partial charge on any atom is -0.370 e. The van der Waals surface area contributed by atoms with Gasteiger partial charge in [-0.1, -0.05) is 0 Å². The number of hydrogen-bond donors (Lipinski definition) is 4. The Hall–Kier alpha value is -3.75. The number of carbonyl (C=O) groups excluding carboxylic acids is 2. The fourth-order valence-corrected chi connectivity index (χ4v) is 1.97. The van der Waals surface area contributed by atoms with Crippen molar-refractivity contribution in [3.63, 3.8) is 0 Å². The van der Waals surface area contributed by atoms with Gasteiger partial charge < -0.3 is 22.1 Å². The van der Waals surface area contributed by atoms with E-state index >= 15 is 0 Å². The number of nitrogens with two attached hydrogens (primary N) is 1. The Morgan fingerprint density at radius 3 is 2.08 bits per heavy atom. The molecule has 0 aliphatic rings. The molecule has 0 heterocycles. The lowest BCUT2D eigenvalue weighted by molar-refractivity contribution is -0.126. The maximum absolute atomic E-state index is 12.3. The Kier molecular flexibility index (Phi) is 5.99. The molecule has 0 spiro atoms. The molecule has 6 N–H and O–H groups in total. The summed E-state index contributed by atoms with van der Waals surface area (Å²) in [6.07, 6.45) is 0. The van der Waals surface area contributed by atoms with Gasteiger partial charge in [0.15, 0.2) is 11.7 Å². The molecule has 2 aromatic rings. The van der Waals surface area contributed by atoms with Crippen LogP contribution >= 0.6 is 0 Å². The SMILES string of the molecule is CC(=O)C(/N=N/c1ccc(NC(=N)N)cc1)C(=O)Nc1ccc([NH])cc1. The van der Waals surface area contributed by atoms with Crippen LogP contribution in [0.2, 0.25) is 0 Å². The number of guanidine groups is 1. The first-order chi connectivity index (χ1) is 12.3. The van der Waals surface area contributed by atoms with E-state index in [1.807, 2.05) is 0 Å². The van der Waals surface area contributed by atoms with Crippen LogP contribution in [0, 0.1) is 5.41 Å². The summed E-state index contributed by atoms with van der Waals surface area (Å²) in [7, 11) is 0. The van der Waals surface area contributed by atoms with E-state index in [2.05, 4.69) is 20.9 Å². The zero-order chi connectivity index (χ0) is 19.1. The molecule has 2 rings (SSSR count). The fourth-order valence-electron chi connectivity index (χ4n) is 1.97. The number of Topliss-reactive ketones (excluding diaryl/α,β-unsaturated/α-hetero) is 1. The first kappa shape index (κ1) is 18.6. The number of hydrogen-bond acceptors (Lipinski definition) is 5. The quantitative estimate of drug-likeness (QED) is 0.273. The molecule has 0 aromatic heterocycles. The lowest BCUT2D eigenvalue weighted by atomic mass is 10.2. The number of amides is 1. The van der Waals surface area contributed by atoms with Crippen LogP contribution in [0.15, 0.2) is 58.8 Å². The molecule has 0 fully saturated rings. The van der Waals surface area contributed by atoms with Gasteiger partial charge in [-0.15, -0.1) is 0 Å². The summed E-state index contributed by atoms with van der Waals surface area (Å²) < 4.78 is 0. The van der Waals surface area contributed by atoms with E-state index < -0.39 is 17.7 Å². The van der Waals surface area contributed by atoms with E-state index in [1.54, 1.807) is 36.4 Å². The molecule has 26 heavy (non-hydrogen) atoms. The number of rotatable bonds is 6. The summed E-state index contributed by atoms with van der Waals surface area (Å²) in [5.74, 6) is -1.24. The lowest BCUT2D eigenvalue weighted by Crippen LogP contribution is -2.31. The van der Waals surface area contributed by atoms with Crippen molar-refractivity contribution in [1.29, 1.82) is 5.41 Å². The Balaban J connectivity index is 2.07. The first-order valence-corrected chi connectivity index (χ1v) is 7.60. The normalized spacial score (nSPS) is 11.7.